The first-order valence-corrected chi connectivity index (χ1v) is 7.80. The monoisotopic (exact) mass is 340 g/mol. The molecule has 0 radical (unpaired) electrons. The number of halogens is 1. The van der Waals surface area contributed by atoms with Crippen LogP contribution in [-0.4, -0.2) is 35.0 Å². The van der Waals surface area contributed by atoms with Crippen LogP contribution < -0.4 is 10.6 Å². The Morgan fingerprint density at radius 1 is 1.36 bits per heavy atom. The molecule has 2 rings (SSSR count). The Labute approximate surface area is 141 Å². The van der Waals surface area contributed by atoms with Gasteiger partial charge in [-0.3, -0.25) is 9.48 Å². The van der Waals surface area contributed by atoms with E-state index in [4.69, 9.17) is 0 Å². The molecule has 0 aliphatic heterocycles. The molecule has 2 N–H and O–H groups in total. The first-order chi connectivity index (χ1) is 10.2. The quantitative estimate of drug-likeness (QED) is 0.598. The van der Waals surface area contributed by atoms with Crippen molar-refractivity contribution in [2.24, 2.45) is 7.05 Å². The van der Waals surface area contributed by atoms with Crippen LogP contribution in [0.25, 0.3) is 0 Å². The first-order valence-electron chi connectivity index (χ1n) is 6.82. The zero-order valence-electron chi connectivity index (χ0n) is 12.7. The minimum Gasteiger partial charge on any atom is -0.354 e. The van der Waals surface area contributed by atoms with Crippen LogP contribution in [0.3, 0.4) is 0 Å². The van der Waals surface area contributed by atoms with Gasteiger partial charge in [-0.25, -0.2) is 0 Å². The molecule has 7 heteroatoms. The maximum absolute atomic E-state index is 12.2. The summed E-state index contributed by atoms with van der Waals surface area (Å²) in [4.78, 5) is 13.4. The van der Waals surface area contributed by atoms with E-state index in [-0.39, 0.29) is 24.4 Å². The molecule has 1 atom stereocenters. The molecule has 0 aliphatic carbocycles. The molecule has 2 aromatic rings. The number of amides is 1. The molecule has 0 saturated carbocycles. The number of carbonyl (C=O) groups excluding carboxylic acids is 1. The number of nitrogens with one attached hydrogen (secondary N) is 2. The van der Waals surface area contributed by atoms with Crippen LogP contribution in [0, 0.1) is 0 Å². The number of carbonyl (C=O) groups is 1. The van der Waals surface area contributed by atoms with Gasteiger partial charge in [0.25, 0.3) is 0 Å². The molecular weight excluding hydrogens is 320 g/mol. The molecule has 5 nitrogen and oxygen atoms in total. The second kappa shape index (κ2) is 9.50. The van der Waals surface area contributed by atoms with Crippen molar-refractivity contribution in [1.29, 1.82) is 0 Å². The fraction of sp³-hybridized carbons (Fsp3) is 0.333. The van der Waals surface area contributed by atoms with Gasteiger partial charge in [-0.05, 0) is 19.2 Å². The molecule has 1 amide bonds. The van der Waals surface area contributed by atoms with Crippen LogP contribution in [0.5, 0.6) is 0 Å². The highest BCUT2D eigenvalue weighted by atomic mass is 35.5. The Balaban J connectivity index is 0.00000242. The second-order valence-corrected chi connectivity index (χ2v) is 5.79. The Bertz CT molecular complexity index is 576. The van der Waals surface area contributed by atoms with Crippen molar-refractivity contribution in [2.75, 3.05) is 19.3 Å². The van der Waals surface area contributed by atoms with Crippen LogP contribution in [0.15, 0.2) is 47.6 Å². The average Bonchev–Trinajstić information content (AvgIpc) is 2.92. The summed E-state index contributed by atoms with van der Waals surface area (Å²) in [5.74, 6) is 0.818. The van der Waals surface area contributed by atoms with Crippen molar-refractivity contribution >= 4 is 30.1 Å². The molecule has 0 fully saturated rings. The molecule has 120 valence electrons. The summed E-state index contributed by atoms with van der Waals surface area (Å²) in [6.45, 7) is 0.636. The average molecular weight is 341 g/mol. The summed E-state index contributed by atoms with van der Waals surface area (Å²) in [6.07, 6.45) is 3.55. The molecule has 0 saturated heterocycles. The van der Waals surface area contributed by atoms with E-state index < -0.39 is 0 Å². The zero-order chi connectivity index (χ0) is 15.1. The number of likely N-dealkylation sites (N-methyl/N-ethyl adjacent to an activating group) is 1. The van der Waals surface area contributed by atoms with Crippen molar-refractivity contribution in [3.63, 3.8) is 0 Å². The third-order valence-electron chi connectivity index (χ3n) is 3.02. The van der Waals surface area contributed by atoms with Crippen molar-refractivity contribution in [1.82, 2.24) is 20.4 Å². The van der Waals surface area contributed by atoms with Gasteiger partial charge in [-0.15, -0.1) is 24.2 Å². The summed E-state index contributed by atoms with van der Waals surface area (Å²) in [7, 11) is 3.61. The largest absolute Gasteiger partial charge is 0.354 e. The maximum Gasteiger partial charge on any atom is 0.241 e. The molecular formula is C15H21ClN4OS. The van der Waals surface area contributed by atoms with Crippen LogP contribution in [0.2, 0.25) is 0 Å². The smallest absolute Gasteiger partial charge is 0.241 e. The molecule has 1 aromatic carbocycles. The van der Waals surface area contributed by atoms with Crippen LogP contribution in [0.4, 0.5) is 0 Å². The topological polar surface area (TPSA) is 59.0 Å². The molecule has 0 spiro atoms. The minimum atomic E-state index is -0.361. The third kappa shape index (κ3) is 5.36. The molecule has 1 aromatic heterocycles. The maximum atomic E-state index is 12.2. The van der Waals surface area contributed by atoms with Crippen molar-refractivity contribution in [2.45, 2.75) is 10.9 Å². The predicted molar refractivity (Wildman–Crippen MR) is 92.4 cm³/mol. The van der Waals surface area contributed by atoms with E-state index in [9.17, 15) is 4.79 Å². The summed E-state index contributed by atoms with van der Waals surface area (Å²) < 4.78 is 1.69. The molecule has 0 bridgehead atoms. The van der Waals surface area contributed by atoms with E-state index in [1.807, 2.05) is 31.4 Å². The summed E-state index contributed by atoms with van der Waals surface area (Å²) >= 11 is 1.73. The number of hydrogen-bond donors (Lipinski definition) is 2. The third-order valence-corrected chi connectivity index (χ3v) is 4.04. The number of thioether (sulfide) groups is 1. The van der Waals surface area contributed by atoms with Gasteiger partial charge in [0, 0.05) is 36.0 Å². The highest BCUT2D eigenvalue weighted by Gasteiger charge is 2.19. The van der Waals surface area contributed by atoms with Gasteiger partial charge in [-0.1, -0.05) is 18.2 Å². The molecule has 22 heavy (non-hydrogen) atoms. The fourth-order valence-corrected chi connectivity index (χ4v) is 2.79. The predicted octanol–water partition coefficient (Wildman–Crippen LogP) is 2.01. The minimum absolute atomic E-state index is 0. The lowest BCUT2D eigenvalue weighted by Gasteiger charge is -2.14. The number of aryl methyl sites for hydroxylation is 1. The highest BCUT2D eigenvalue weighted by Crippen LogP contribution is 2.16. The van der Waals surface area contributed by atoms with Crippen LogP contribution >= 0.6 is 24.2 Å². The highest BCUT2D eigenvalue weighted by molar-refractivity contribution is 7.99. The van der Waals surface area contributed by atoms with E-state index in [1.165, 1.54) is 4.90 Å². The number of aromatic nitrogens is 2. The molecule has 0 aliphatic rings. The van der Waals surface area contributed by atoms with Crippen molar-refractivity contribution in [3.8, 4) is 0 Å². The number of hydrogen-bond acceptors (Lipinski definition) is 4. The van der Waals surface area contributed by atoms with Gasteiger partial charge in [0.15, 0.2) is 0 Å². The summed E-state index contributed by atoms with van der Waals surface area (Å²) in [5, 5.41) is 10.1. The van der Waals surface area contributed by atoms with E-state index >= 15 is 0 Å². The molecule has 1 unspecified atom stereocenters. The van der Waals surface area contributed by atoms with Gasteiger partial charge in [0.2, 0.25) is 5.91 Å². The number of benzene rings is 1. The summed E-state index contributed by atoms with van der Waals surface area (Å²) in [6, 6.07) is 9.80. The van der Waals surface area contributed by atoms with Crippen LogP contribution in [-0.2, 0) is 11.8 Å². The SMILES string of the molecule is CNC(C(=O)NCCSc1ccccc1)c1cnn(C)c1.Cl. The molecule has 1 heterocycles. The Morgan fingerprint density at radius 2 is 2.09 bits per heavy atom. The van der Waals surface area contributed by atoms with Gasteiger partial charge < -0.3 is 10.6 Å². The number of rotatable bonds is 7. The van der Waals surface area contributed by atoms with Crippen molar-refractivity contribution < 1.29 is 4.79 Å². The van der Waals surface area contributed by atoms with E-state index in [2.05, 4.69) is 27.9 Å². The standard InChI is InChI=1S/C15H20N4OS.ClH/c1-16-14(12-10-18-19(2)11-12)15(20)17-8-9-21-13-6-4-3-5-7-13;/h3-7,10-11,14,16H,8-9H2,1-2H3,(H,17,20);1H. The van der Waals surface area contributed by atoms with Gasteiger partial charge in [0.05, 0.1) is 6.20 Å². The zero-order valence-corrected chi connectivity index (χ0v) is 14.3. The van der Waals surface area contributed by atoms with Gasteiger partial charge in [0.1, 0.15) is 6.04 Å². The lowest BCUT2D eigenvalue weighted by Crippen LogP contribution is -2.36. The van der Waals surface area contributed by atoms with E-state index in [0.29, 0.717) is 6.54 Å². The lowest BCUT2D eigenvalue weighted by atomic mass is 10.1. The lowest BCUT2D eigenvalue weighted by molar-refractivity contribution is -0.123. The Hall–Kier alpha value is -1.50. The van der Waals surface area contributed by atoms with E-state index in [1.54, 1.807) is 29.7 Å². The Morgan fingerprint density at radius 3 is 2.68 bits per heavy atom. The van der Waals surface area contributed by atoms with Crippen LogP contribution in [0.1, 0.15) is 11.6 Å². The Kier molecular flexibility index (Phi) is 8.01. The van der Waals surface area contributed by atoms with Gasteiger partial charge in [-0.2, -0.15) is 5.10 Å². The number of nitrogens with zero attached hydrogens (tertiary/aromatic N) is 2. The van der Waals surface area contributed by atoms with Crippen molar-refractivity contribution in [3.05, 3.63) is 48.3 Å². The summed E-state index contributed by atoms with van der Waals surface area (Å²) in [5.41, 5.74) is 0.869. The van der Waals surface area contributed by atoms with E-state index in [0.717, 1.165) is 11.3 Å². The van der Waals surface area contributed by atoms with Gasteiger partial charge >= 0.3 is 0 Å². The fourth-order valence-electron chi connectivity index (χ4n) is 2.00. The first kappa shape index (κ1) is 18.5. The normalized spacial score (nSPS) is 11.5. The second-order valence-electron chi connectivity index (χ2n) is 4.62.